The topological polar surface area (TPSA) is 37.4 Å². The second kappa shape index (κ2) is 9.00. The summed E-state index contributed by atoms with van der Waals surface area (Å²) in [5.74, 6) is 0. The van der Waals surface area contributed by atoms with Gasteiger partial charge in [-0.05, 0) is 31.1 Å². The molecule has 0 saturated heterocycles. The minimum atomic E-state index is -3.50. The molecule has 0 aromatic heterocycles. The van der Waals surface area contributed by atoms with Gasteiger partial charge in [0.05, 0.1) is 4.90 Å². The zero-order valence-corrected chi connectivity index (χ0v) is 16.0. The van der Waals surface area contributed by atoms with E-state index in [0.717, 1.165) is 18.4 Å². The maximum atomic E-state index is 12.8. The van der Waals surface area contributed by atoms with Crippen molar-refractivity contribution >= 4 is 10.0 Å². The van der Waals surface area contributed by atoms with Gasteiger partial charge in [-0.2, -0.15) is 0 Å². The van der Waals surface area contributed by atoms with Crippen molar-refractivity contribution in [1.29, 1.82) is 0 Å². The van der Waals surface area contributed by atoms with Crippen molar-refractivity contribution in [3.05, 3.63) is 66.8 Å². The van der Waals surface area contributed by atoms with Crippen LogP contribution in [0.25, 0.3) is 0 Å². The molecule has 0 saturated carbocycles. The first kappa shape index (κ1) is 20.4. The van der Waals surface area contributed by atoms with Gasteiger partial charge in [0.2, 0.25) is 10.0 Å². The number of rotatable bonds is 9. The Labute approximate surface area is 147 Å². The van der Waals surface area contributed by atoms with Crippen LogP contribution >= 0.6 is 0 Å². The number of hydrogen-bond donors (Lipinski definition) is 0. The molecule has 0 unspecified atom stereocenters. The molecule has 24 heavy (non-hydrogen) atoms. The monoisotopic (exact) mass is 347 g/mol. The highest BCUT2D eigenvalue weighted by Crippen LogP contribution is 2.35. The third-order valence-electron chi connectivity index (χ3n) is 4.17. The van der Waals surface area contributed by atoms with Crippen molar-refractivity contribution in [3.8, 4) is 0 Å². The van der Waals surface area contributed by atoms with Gasteiger partial charge in [0, 0.05) is 19.0 Å². The van der Waals surface area contributed by atoms with Crippen molar-refractivity contribution in [2.24, 2.45) is 5.41 Å². The molecule has 132 valence electrons. The molecule has 0 heterocycles. The summed E-state index contributed by atoms with van der Waals surface area (Å²) in [6.45, 7) is 10.4. The van der Waals surface area contributed by atoms with E-state index in [4.69, 9.17) is 0 Å². The molecule has 0 N–H and O–H groups in total. The zero-order chi connectivity index (χ0) is 18.2. The Hall–Kier alpha value is -1.65. The van der Waals surface area contributed by atoms with Crippen molar-refractivity contribution in [2.45, 2.75) is 38.5 Å². The van der Waals surface area contributed by atoms with Crippen LogP contribution in [0, 0.1) is 5.41 Å². The van der Waals surface area contributed by atoms with Gasteiger partial charge in [0.25, 0.3) is 0 Å². The smallest absolute Gasteiger partial charge is 0.207 e. The zero-order valence-electron chi connectivity index (χ0n) is 15.2. The van der Waals surface area contributed by atoms with Gasteiger partial charge < -0.3 is 0 Å². The van der Waals surface area contributed by atoms with Gasteiger partial charge in [-0.1, -0.05) is 69.4 Å². The Morgan fingerprint density at radius 1 is 1.29 bits per heavy atom. The number of sulfonamides is 1. The molecule has 0 spiro atoms. The van der Waals surface area contributed by atoms with Gasteiger partial charge >= 0.3 is 0 Å². The van der Waals surface area contributed by atoms with E-state index in [9.17, 15) is 8.42 Å². The largest absolute Gasteiger partial charge is 0.242 e. The quantitative estimate of drug-likeness (QED) is 0.602. The van der Waals surface area contributed by atoms with Crippen LogP contribution in [0.1, 0.15) is 33.6 Å². The minimum absolute atomic E-state index is 0.272. The van der Waals surface area contributed by atoms with Crippen LogP contribution in [0.4, 0.5) is 0 Å². The highest BCUT2D eigenvalue weighted by Gasteiger charge is 2.32. The average molecular weight is 348 g/mol. The first-order chi connectivity index (χ1) is 11.3. The summed E-state index contributed by atoms with van der Waals surface area (Å²) in [5.41, 5.74) is 0.823. The first-order valence-corrected chi connectivity index (χ1v) is 9.73. The van der Waals surface area contributed by atoms with Crippen LogP contribution in [-0.2, 0) is 10.0 Å². The summed E-state index contributed by atoms with van der Waals surface area (Å²) < 4.78 is 27.1. The molecule has 1 atom stereocenters. The average Bonchev–Trinajstić information content (AvgIpc) is 2.55. The standard InChI is InChI=1S/C20H29NO2S/c1-6-12-18(13-7-2)20(4,16-8-3)17-21(5)24(22,23)19-14-10-9-11-15-19/h6-7,9-15H,1,8,16-17H2,2-5H3/b13-7-,18-12+/t20-/m0/s1. The Morgan fingerprint density at radius 3 is 2.42 bits per heavy atom. The fourth-order valence-electron chi connectivity index (χ4n) is 2.98. The molecule has 0 fully saturated rings. The van der Waals surface area contributed by atoms with Crippen LogP contribution in [0.15, 0.2) is 71.7 Å². The Morgan fingerprint density at radius 2 is 1.92 bits per heavy atom. The van der Waals surface area contributed by atoms with E-state index in [2.05, 4.69) is 20.4 Å². The molecular formula is C20H29NO2S. The lowest BCUT2D eigenvalue weighted by atomic mass is 9.77. The summed E-state index contributed by atoms with van der Waals surface area (Å²) in [6, 6.07) is 8.58. The number of hydrogen-bond acceptors (Lipinski definition) is 2. The summed E-state index contributed by atoms with van der Waals surface area (Å²) in [4.78, 5) is 0.326. The molecule has 1 aromatic rings. The number of nitrogens with zero attached hydrogens (tertiary/aromatic N) is 1. The van der Waals surface area contributed by atoms with Gasteiger partial charge in [0.15, 0.2) is 0 Å². The van der Waals surface area contributed by atoms with Gasteiger partial charge in [-0.25, -0.2) is 12.7 Å². The lowest BCUT2D eigenvalue weighted by molar-refractivity contribution is 0.288. The highest BCUT2D eigenvalue weighted by atomic mass is 32.2. The Kier molecular flexibility index (Phi) is 7.64. The van der Waals surface area contributed by atoms with Crippen molar-refractivity contribution in [1.82, 2.24) is 4.31 Å². The fourth-order valence-corrected chi connectivity index (χ4v) is 4.30. The first-order valence-electron chi connectivity index (χ1n) is 8.29. The lowest BCUT2D eigenvalue weighted by Gasteiger charge is -2.34. The molecule has 0 aliphatic heterocycles. The Bertz CT molecular complexity index is 690. The summed E-state index contributed by atoms with van der Waals surface area (Å²) in [6.07, 6.45) is 9.62. The summed E-state index contributed by atoms with van der Waals surface area (Å²) in [5, 5.41) is 0. The van der Waals surface area contributed by atoms with E-state index in [-0.39, 0.29) is 5.41 Å². The van der Waals surface area contributed by atoms with E-state index in [1.807, 2.05) is 31.2 Å². The molecule has 1 rings (SSSR count). The van der Waals surface area contributed by atoms with Crippen molar-refractivity contribution < 1.29 is 8.42 Å². The predicted molar refractivity (Wildman–Crippen MR) is 102 cm³/mol. The second-order valence-electron chi connectivity index (χ2n) is 6.24. The molecule has 0 bridgehead atoms. The minimum Gasteiger partial charge on any atom is -0.207 e. The highest BCUT2D eigenvalue weighted by molar-refractivity contribution is 7.89. The molecule has 1 aromatic carbocycles. The Balaban J connectivity index is 3.20. The third-order valence-corrected chi connectivity index (χ3v) is 5.98. The van der Waals surface area contributed by atoms with Crippen LogP contribution in [0.5, 0.6) is 0 Å². The maximum Gasteiger partial charge on any atom is 0.242 e. The lowest BCUT2D eigenvalue weighted by Crippen LogP contribution is -2.38. The van der Waals surface area contributed by atoms with E-state index in [0.29, 0.717) is 11.4 Å². The predicted octanol–water partition coefficient (Wildman–Crippen LogP) is 4.80. The molecule has 3 nitrogen and oxygen atoms in total. The van der Waals surface area contributed by atoms with E-state index < -0.39 is 10.0 Å². The molecule has 0 radical (unpaired) electrons. The SMILES string of the molecule is C=C/C=C(\C=C/C)[C@@](C)(CCC)CN(C)S(=O)(=O)c1ccccc1. The molecule has 0 aliphatic carbocycles. The molecular weight excluding hydrogens is 318 g/mol. The molecule has 4 heteroatoms. The molecule has 0 aliphatic rings. The van der Waals surface area contributed by atoms with Crippen LogP contribution < -0.4 is 0 Å². The van der Waals surface area contributed by atoms with E-state index in [1.54, 1.807) is 37.4 Å². The van der Waals surface area contributed by atoms with E-state index in [1.165, 1.54) is 4.31 Å². The van der Waals surface area contributed by atoms with Gasteiger partial charge in [0.1, 0.15) is 0 Å². The maximum absolute atomic E-state index is 12.8. The van der Waals surface area contributed by atoms with Crippen molar-refractivity contribution in [3.63, 3.8) is 0 Å². The number of benzene rings is 1. The van der Waals surface area contributed by atoms with Crippen LogP contribution in [0.2, 0.25) is 0 Å². The third kappa shape index (κ3) is 4.92. The van der Waals surface area contributed by atoms with Crippen molar-refractivity contribution in [2.75, 3.05) is 13.6 Å². The summed E-state index contributed by atoms with van der Waals surface area (Å²) >= 11 is 0. The van der Waals surface area contributed by atoms with Crippen LogP contribution in [0.3, 0.4) is 0 Å². The second-order valence-corrected chi connectivity index (χ2v) is 8.29. The summed E-state index contributed by atoms with van der Waals surface area (Å²) in [7, 11) is -1.85. The normalized spacial score (nSPS) is 15.6. The number of allylic oxidation sites excluding steroid dienone is 4. The molecule has 0 amide bonds. The van der Waals surface area contributed by atoms with E-state index >= 15 is 0 Å². The van der Waals surface area contributed by atoms with Crippen LogP contribution in [-0.4, -0.2) is 26.3 Å². The van der Waals surface area contributed by atoms with Gasteiger partial charge in [-0.15, -0.1) is 0 Å². The fraction of sp³-hybridized carbons (Fsp3) is 0.400. The van der Waals surface area contributed by atoms with Gasteiger partial charge in [-0.3, -0.25) is 0 Å².